The molecule has 1 atom stereocenters. The molecule has 1 N–H and O–H groups in total. The van der Waals surface area contributed by atoms with Crippen LogP contribution in [0.15, 0.2) is 30.5 Å². The highest BCUT2D eigenvalue weighted by Gasteiger charge is 2.19. The van der Waals surface area contributed by atoms with Crippen molar-refractivity contribution in [2.24, 2.45) is 7.05 Å². The molecular weight excluding hydrogens is 219 g/mol. The van der Waals surface area contributed by atoms with E-state index in [-0.39, 0.29) is 11.9 Å². The Hall–Kier alpha value is -1.75. The molecule has 0 saturated carbocycles. The number of hydrogen-bond acceptors (Lipinski definition) is 3. The Bertz CT molecular complexity index is 495. The van der Waals surface area contributed by atoms with E-state index in [0.29, 0.717) is 5.56 Å². The van der Waals surface area contributed by atoms with E-state index < -0.39 is 0 Å². The SMILES string of the molecule is CCNC(c1ccccc1F)c1cnnn1C. The smallest absolute Gasteiger partial charge is 0.128 e. The van der Waals surface area contributed by atoms with E-state index in [1.54, 1.807) is 30.1 Å². The third-order valence-electron chi connectivity index (χ3n) is 2.67. The third-order valence-corrected chi connectivity index (χ3v) is 2.67. The molecule has 17 heavy (non-hydrogen) atoms. The molecule has 1 aromatic carbocycles. The predicted octanol–water partition coefficient (Wildman–Crippen LogP) is 1.65. The van der Waals surface area contributed by atoms with Gasteiger partial charge in [0, 0.05) is 12.6 Å². The van der Waals surface area contributed by atoms with Crippen LogP contribution >= 0.6 is 0 Å². The molecule has 2 aromatic rings. The van der Waals surface area contributed by atoms with Crippen molar-refractivity contribution in [1.29, 1.82) is 0 Å². The summed E-state index contributed by atoms with van der Waals surface area (Å²) in [5.41, 5.74) is 1.46. The summed E-state index contributed by atoms with van der Waals surface area (Å²) in [6, 6.07) is 6.52. The number of aryl methyl sites for hydroxylation is 1. The lowest BCUT2D eigenvalue weighted by atomic mass is 10.0. The van der Waals surface area contributed by atoms with Gasteiger partial charge < -0.3 is 5.32 Å². The first kappa shape index (κ1) is 11.7. The highest BCUT2D eigenvalue weighted by atomic mass is 19.1. The van der Waals surface area contributed by atoms with Crippen molar-refractivity contribution in [3.63, 3.8) is 0 Å². The van der Waals surface area contributed by atoms with E-state index >= 15 is 0 Å². The van der Waals surface area contributed by atoms with Gasteiger partial charge in [-0.3, -0.25) is 4.68 Å². The van der Waals surface area contributed by atoms with Gasteiger partial charge in [-0.05, 0) is 12.6 Å². The van der Waals surface area contributed by atoms with Crippen LogP contribution in [0.3, 0.4) is 0 Å². The number of aromatic nitrogens is 3. The van der Waals surface area contributed by atoms with Crippen molar-refractivity contribution in [2.75, 3.05) is 6.54 Å². The van der Waals surface area contributed by atoms with Crippen LogP contribution in [-0.4, -0.2) is 21.5 Å². The lowest BCUT2D eigenvalue weighted by Crippen LogP contribution is -2.25. The average molecular weight is 234 g/mol. The predicted molar refractivity (Wildman–Crippen MR) is 62.9 cm³/mol. The fourth-order valence-corrected chi connectivity index (χ4v) is 1.85. The summed E-state index contributed by atoms with van der Waals surface area (Å²) in [7, 11) is 1.80. The highest BCUT2D eigenvalue weighted by Crippen LogP contribution is 2.22. The summed E-state index contributed by atoms with van der Waals surface area (Å²) in [4.78, 5) is 0. The minimum Gasteiger partial charge on any atom is -0.305 e. The van der Waals surface area contributed by atoms with Gasteiger partial charge in [-0.15, -0.1) is 5.10 Å². The lowest BCUT2D eigenvalue weighted by molar-refractivity contribution is 0.530. The topological polar surface area (TPSA) is 42.7 Å². The molecule has 1 heterocycles. The summed E-state index contributed by atoms with van der Waals surface area (Å²) >= 11 is 0. The van der Waals surface area contributed by atoms with E-state index in [0.717, 1.165) is 12.2 Å². The number of nitrogens with one attached hydrogen (secondary N) is 1. The molecule has 0 fully saturated rings. The second-order valence-electron chi connectivity index (χ2n) is 3.79. The summed E-state index contributed by atoms with van der Waals surface area (Å²) in [6.07, 6.45) is 1.65. The van der Waals surface area contributed by atoms with Gasteiger partial charge in [-0.1, -0.05) is 30.3 Å². The Morgan fingerprint density at radius 1 is 1.41 bits per heavy atom. The zero-order valence-electron chi connectivity index (χ0n) is 9.89. The van der Waals surface area contributed by atoms with E-state index in [1.807, 2.05) is 13.0 Å². The van der Waals surface area contributed by atoms with E-state index in [2.05, 4.69) is 15.6 Å². The van der Waals surface area contributed by atoms with Crippen molar-refractivity contribution < 1.29 is 4.39 Å². The van der Waals surface area contributed by atoms with Crippen LogP contribution in [-0.2, 0) is 7.05 Å². The Morgan fingerprint density at radius 2 is 2.18 bits per heavy atom. The summed E-state index contributed by atoms with van der Waals surface area (Å²) in [5, 5.41) is 11.0. The van der Waals surface area contributed by atoms with Gasteiger partial charge in [0.1, 0.15) is 5.82 Å². The van der Waals surface area contributed by atoms with Crippen LogP contribution in [0.2, 0.25) is 0 Å². The van der Waals surface area contributed by atoms with Gasteiger partial charge >= 0.3 is 0 Å². The Morgan fingerprint density at radius 3 is 2.76 bits per heavy atom. The van der Waals surface area contributed by atoms with Crippen LogP contribution < -0.4 is 5.32 Å². The fraction of sp³-hybridized carbons (Fsp3) is 0.333. The second kappa shape index (κ2) is 5.05. The van der Waals surface area contributed by atoms with Crippen molar-refractivity contribution in [3.8, 4) is 0 Å². The number of halogens is 1. The maximum Gasteiger partial charge on any atom is 0.128 e. The lowest BCUT2D eigenvalue weighted by Gasteiger charge is -2.18. The van der Waals surface area contributed by atoms with Gasteiger partial charge in [0.05, 0.1) is 17.9 Å². The summed E-state index contributed by atoms with van der Waals surface area (Å²) < 4.78 is 15.4. The van der Waals surface area contributed by atoms with Crippen LogP contribution in [0.25, 0.3) is 0 Å². The Balaban J connectivity index is 2.43. The normalized spacial score (nSPS) is 12.6. The third kappa shape index (κ3) is 2.34. The van der Waals surface area contributed by atoms with Crippen LogP contribution in [0, 0.1) is 5.82 Å². The Kier molecular flexibility index (Phi) is 3.49. The molecule has 0 amide bonds. The average Bonchev–Trinajstić information content (AvgIpc) is 2.74. The van der Waals surface area contributed by atoms with E-state index in [1.165, 1.54) is 6.07 Å². The van der Waals surface area contributed by atoms with Crippen LogP contribution in [0.1, 0.15) is 24.2 Å². The standard InChI is InChI=1S/C12H15FN4/c1-3-14-12(11-8-15-16-17(11)2)9-6-4-5-7-10(9)13/h4-8,12,14H,3H2,1-2H3. The molecule has 2 rings (SSSR count). The summed E-state index contributed by atoms with van der Waals surface area (Å²) in [5.74, 6) is -0.223. The van der Waals surface area contributed by atoms with E-state index in [9.17, 15) is 4.39 Å². The van der Waals surface area contributed by atoms with Crippen molar-refractivity contribution >= 4 is 0 Å². The first-order valence-electron chi connectivity index (χ1n) is 5.56. The minimum atomic E-state index is -0.223. The molecule has 1 aromatic heterocycles. The first-order valence-corrected chi connectivity index (χ1v) is 5.56. The number of benzene rings is 1. The molecule has 0 aliphatic rings. The quantitative estimate of drug-likeness (QED) is 0.874. The van der Waals surface area contributed by atoms with Crippen LogP contribution in [0.5, 0.6) is 0 Å². The maximum atomic E-state index is 13.8. The van der Waals surface area contributed by atoms with Gasteiger partial charge in [-0.2, -0.15) is 0 Å². The van der Waals surface area contributed by atoms with Crippen LogP contribution in [0.4, 0.5) is 4.39 Å². The molecular formula is C12H15FN4. The van der Waals surface area contributed by atoms with Gasteiger partial charge in [0.2, 0.25) is 0 Å². The Labute approximate surface area is 99.5 Å². The van der Waals surface area contributed by atoms with Gasteiger partial charge in [0.15, 0.2) is 0 Å². The largest absolute Gasteiger partial charge is 0.305 e. The zero-order chi connectivity index (χ0) is 12.3. The molecule has 0 aliphatic carbocycles. The van der Waals surface area contributed by atoms with Crippen molar-refractivity contribution in [1.82, 2.24) is 20.3 Å². The number of rotatable bonds is 4. The zero-order valence-corrected chi connectivity index (χ0v) is 9.89. The molecule has 90 valence electrons. The summed E-state index contributed by atoms with van der Waals surface area (Å²) in [6.45, 7) is 2.72. The molecule has 4 nitrogen and oxygen atoms in total. The molecule has 5 heteroatoms. The van der Waals surface area contributed by atoms with E-state index in [4.69, 9.17) is 0 Å². The number of hydrogen-bond donors (Lipinski definition) is 1. The van der Waals surface area contributed by atoms with Gasteiger partial charge in [-0.25, -0.2) is 4.39 Å². The molecule has 0 saturated heterocycles. The first-order chi connectivity index (χ1) is 8.24. The molecule has 1 unspecified atom stereocenters. The van der Waals surface area contributed by atoms with Crippen molar-refractivity contribution in [2.45, 2.75) is 13.0 Å². The fourth-order valence-electron chi connectivity index (χ4n) is 1.85. The second-order valence-corrected chi connectivity index (χ2v) is 3.79. The highest BCUT2D eigenvalue weighted by molar-refractivity contribution is 5.28. The maximum absolute atomic E-state index is 13.8. The minimum absolute atomic E-state index is 0.221. The molecule has 0 radical (unpaired) electrons. The molecule has 0 spiro atoms. The number of nitrogens with zero attached hydrogens (tertiary/aromatic N) is 3. The molecule has 0 aliphatic heterocycles. The monoisotopic (exact) mass is 234 g/mol. The molecule has 0 bridgehead atoms. The van der Waals surface area contributed by atoms with Crippen molar-refractivity contribution in [3.05, 3.63) is 47.5 Å². The van der Waals surface area contributed by atoms with Gasteiger partial charge in [0.25, 0.3) is 0 Å².